The summed E-state index contributed by atoms with van der Waals surface area (Å²) in [7, 11) is 1.62. The highest BCUT2D eigenvalue weighted by Gasteiger charge is 2.20. The predicted molar refractivity (Wildman–Crippen MR) is 95.6 cm³/mol. The molecule has 2 aromatic carbocycles. The van der Waals surface area contributed by atoms with Crippen molar-refractivity contribution in [3.63, 3.8) is 0 Å². The number of carbonyl (C=O) groups excluding carboxylic acids is 1. The molecule has 0 aliphatic rings. The summed E-state index contributed by atoms with van der Waals surface area (Å²) in [5.41, 5.74) is 1.96. The Bertz CT molecular complexity index is 686. The van der Waals surface area contributed by atoms with Crippen molar-refractivity contribution < 1.29 is 19.2 Å². The number of quaternary nitrogens is 1. The first-order valence-corrected chi connectivity index (χ1v) is 8.48. The van der Waals surface area contributed by atoms with E-state index >= 15 is 0 Å². The maximum Gasteiger partial charge on any atom is 0.275 e. The second kappa shape index (κ2) is 9.18. The van der Waals surface area contributed by atoms with Gasteiger partial charge in [0, 0.05) is 23.6 Å². The van der Waals surface area contributed by atoms with Crippen LogP contribution in [0.5, 0.6) is 5.75 Å². The summed E-state index contributed by atoms with van der Waals surface area (Å²) in [4.78, 5) is 12.2. The van der Waals surface area contributed by atoms with Gasteiger partial charge in [-0.2, -0.15) is 0 Å². The zero-order chi connectivity index (χ0) is 18.2. The van der Waals surface area contributed by atoms with Gasteiger partial charge in [0.15, 0.2) is 6.54 Å². The first-order valence-electron chi connectivity index (χ1n) is 8.48. The Morgan fingerprint density at radius 1 is 1.16 bits per heavy atom. The van der Waals surface area contributed by atoms with Crippen LogP contribution in [0.2, 0.25) is 0 Å². The third-order valence-corrected chi connectivity index (χ3v) is 4.20. The van der Waals surface area contributed by atoms with Gasteiger partial charge in [-0.15, -0.1) is 0 Å². The molecule has 0 saturated carbocycles. The minimum atomic E-state index is -0.249. The van der Waals surface area contributed by atoms with E-state index in [1.54, 1.807) is 19.2 Å². The monoisotopic (exact) mass is 345 g/mol. The highest BCUT2D eigenvalue weighted by Crippen LogP contribution is 2.18. The van der Waals surface area contributed by atoms with Gasteiger partial charge in [-0.25, -0.2) is 4.39 Å². The van der Waals surface area contributed by atoms with E-state index in [1.165, 1.54) is 12.1 Å². The topological polar surface area (TPSA) is 54.9 Å². The van der Waals surface area contributed by atoms with Crippen molar-refractivity contribution in [3.05, 3.63) is 65.5 Å². The second-order valence-electron chi connectivity index (χ2n) is 6.35. The molecule has 0 aliphatic carbocycles. The van der Waals surface area contributed by atoms with Gasteiger partial charge >= 0.3 is 0 Å². The maximum absolute atomic E-state index is 13.1. The van der Waals surface area contributed by atoms with Gasteiger partial charge in [0.05, 0.1) is 7.11 Å². The smallest absolute Gasteiger partial charge is 0.275 e. The third kappa shape index (κ3) is 5.57. The van der Waals surface area contributed by atoms with Crippen LogP contribution in [-0.2, 0) is 11.3 Å². The third-order valence-electron chi connectivity index (χ3n) is 4.20. The van der Waals surface area contributed by atoms with Crippen molar-refractivity contribution in [3.8, 4) is 5.75 Å². The number of nitrogens with one attached hydrogen (secondary N) is 1. The van der Waals surface area contributed by atoms with E-state index in [2.05, 4.69) is 19.2 Å². The minimum absolute atomic E-state index is 0.0429. The standard InChI is InChI=1S/C20H25FN2O2/c1-14(2)20(15-8-10-17(21)11-9-15)23-13-19(24)22-12-16-6-4-5-7-18(16)25-3/h4-11,14,20,23H,12-13H2,1-3H3,(H,22,24)/p+1/t20-/m0/s1. The minimum Gasteiger partial charge on any atom is -0.496 e. The molecule has 5 heteroatoms. The number of halogens is 1. The van der Waals surface area contributed by atoms with Crippen LogP contribution in [0.1, 0.15) is 31.0 Å². The summed E-state index contributed by atoms with van der Waals surface area (Å²) in [5.74, 6) is 0.796. The van der Waals surface area contributed by atoms with Crippen LogP contribution < -0.4 is 15.4 Å². The first kappa shape index (κ1) is 18.9. The molecule has 25 heavy (non-hydrogen) atoms. The molecular weight excluding hydrogens is 319 g/mol. The number of nitrogens with two attached hydrogens (primary N) is 1. The molecule has 0 saturated heterocycles. The Hall–Kier alpha value is -2.40. The lowest BCUT2D eigenvalue weighted by Gasteiger charge is -2.19. The van der Waals surface area contributed by atoms with E-state index in [0.717, 1.165) is 16.9 Å². The van der Waals surface area contributed by atoms with Crippen LogP contribution in [0.15, 0.2) is 48.5 Å². The number of hydrogen-bond acceptors (Lipinski definition) is 2. The summed E-state index contributed by atoms with van der Waals surface area (Å²) in [5, 5.41) is 4.91. The number of hydrogen-bond donors (Lipinski definition) is 2. The molecule has 1 amide bonds. The van der Waals surface area contributed by atoms with E-state index in [0.29, 0.717) is 19.0 Å². The highest BCUT2D eigenvalue weighted by atomic mass is 19.1. The summed E-state index contributed by atoms with van der Waals surface area (Å²) >= 11 is 0. The summed E-state index contributed by atoms with van der Waals surface area (Å²) in [6.45, 7) is 4.93. The first-order chi connectivity index (χ1) is 12.0. The molecule has 0 fully saturated rings. The summed E-state index contributed by atoms with van der Waals surface area (Å²) in [6.07, 6.45) is 0. The zero-order valence-corrected chi connectivity index (χ0v) is 15.0. The number of benzene rings is 2. The second-order valence-corrected chi connectivity index (χ2v) is 6.35. The van der Waals surface area contributed by atoms with E-state index in [-0.39, 0.29) is 17.8 Å². The van der Waals surface area contributed by atoms with Crippen molar-refractivity contribution in [1.29, 1.82) is 0 Å². The SMILES string of the molecule is COc1ccccc1CNC(=O)C[NH2+][C@H](c1ccc(F)cc1)C(C)C. The Kier molecular flexibility index (Phi) is 6.95. The normalized spacial score (nSPS) is 12.0. The van der Waals surface area contributed by atoms with Crippen molar-refractivity contribution in [2.24, 2.45) is 5.92 Å². The van der Waals surface area contributed by atoms with Crippen LogP contribution in [0, 0.1) is 11.7 Å². The van der Waals surface area contributed by atoms with Crippen LogP contribution in [0.4, 0.5) is 4.39 Å². The quantitative estimate of drug-likeness (QED) is 0.772. The maximum atomic E-state index is 13.1. The fraction of sp³-hybridized carbons (Fsp3) is 0.350. The molecule has 0 heterocycles. The van der Waals surface area contributed by atoms with Gasteiger partial charge in [0.25, 0.3) is 5.91 Å². The largest absolute Gasteiger partial charge is 0.496 e. The molecule has 4 nitrogen and oxygen atoms in total. The average Bonchev–Trinajstić information content (AvgIpc) is 2.61. The molecule has 0 aliphatic heterocycles. The number of amides is 1. The predicted octanol–water partition coefficient (Wildman–Crippen LogP) is 2.41. The summed E-state index contributed by atoms with van der Waals surface area (Å²) in [6, 6.07) is 14.2. The lowest BCUT2D eigenvalue weighted by atomic mass is 9.96. The van der Waals surface area contributed by atoms with E-state index in [1.807, 2.05) is 29.6 Å². The van der Waals surface area contributed by atoms with Gasteiger partial charge in [-0.05, 0) is 18.2 Å². The molecule has 0 radical (unpaired) electrons. The molecule has 0 unspecified atom stereocenters. The van der Waals surface area contributed by atoms with Gasteiger partial charge in [-0.3, -0.25) is 4.79 Å². The molecule has 0 bridgehead atoms. The molecule has 2 aromatic rings. The van der Waals surface area contributed by atoms with Crippen LogP contribution in [0.3, 0.4) is 0 Å². The Morgan fingerprint density at radius 3 is 2.48 bits per heavy atom. The Morgan fingerprint density at radius 2 is 1.84 bits per heavy atom. The number of ether oxygens (including phenoxy) is 1. The molecule has 1 atom stereocenters. The molecule has 0 spiro atoms. The number of para-hydroxylation sites is 1. The van der Waals surface area contributed by atoms with Crippen LogP contribution in [-0.4, -0.2) is 19.6 Å². The van der Waals surface area contributed by atoms with Crippen molar-refractivity contribution in [1.82, 2.24) is 5.32 Å². The average molecular weight is 345 g/mol. The van der Waals surface area contributed by atoms with E-state index < -0.39 is 0 Å². The molecular formula is C20H26FN2O2+. The summed E-state index contributed by atoms with van der Waals surface area (Å²) < 4.78 is 18.4. The van der Waals surface area contributed by atoms with Gasteiger partial charge in [0.2, 0.25) is 0 Å². The Labute approximate surface area is 148 Å². The van der Waals surface area contributed by atoms with Crippen molar-refractivity contribution >= 4 is 5.91 Å². The lowest BCUT2D eigenvalue weighted by molar-refractivity contribution is -0.692. The van der Waals surface area contributed by atoms with Gasteiger partial charge in [-0.1, -0.05) is 44.2 Å². The van der Waals surface area contributed by atoms with E-state index in [9.17, 15) is 9.18 Å². The zero-order valence-electron chi connectivity index (χ0n) is 15.0. The van der Waals surface area contributed by atoms with Crippen molar-refractivity contribution in [2.75, 3.05) is 13.7 Å². The highest BCUT2D eigenvalue weighted by molar-refractivity contribution is 5.76. The molecule has 2 rings (SSSR count). The molecule has 134 valence electrons. The number of rotatable bonds is 8. The fourth-order valence-electron chi connectivity index (χ4n) is 2.83. The van der Waals surface area contributed by atoms with Gasteiger partial charge < -0.3 is 15.4 Å². The molecule has 0 aromatic heterocycles. The van der Waals surface area contributed by atoms with Crippen LogP contribution >= 0.6 is 0 Å². The van der Waals surface area contributed by atoms with E-state index in [4.69, 9.17) is 4.74 Å². The number of carbonyl (C=O) groups is 1. The Balaban J connectivity index is 1.89. The van der Waals surface area contributed by atoms with Crippen molar-refractivity contribution in [2.45, 2.75) is 26.4 Å². The molecule has 3 N–H and O–H groups in total. The number of methoxy groups -OCH3 is 1. The fourth-order valence-corrected chi connectivity index (χ4v) is 2.83. The lowest BCUT2D eigenvalue weighted by Crippen LogP contribution is -2.88. The van der Waals surface area contributed by atoms with Gasteiger partial charge in [0.1, 0.15) is 17.6 Å². The van der Waals surface area contributed by atoms with Crippen LogP contribution in [0.25, 0.3) is 0 Å².